The van der Waals surface area contributed by atoms with Gasteiger partial charge in [0.05, 0.1) is 0 Å². The van der Waals surface area contributed by atoms with Crippen molar-refractivity contribution in [2.75, 3.05) is 13.6 Å². The monoisotopic (exact) mass is 242 g/mol. The average Bonchev–Trinajstić information content (AvgIpc) is 2.33. The number of halogens is 2. The van der Waals surface area contributed by atoms with Crippen molar-refractivity contribution in [3.8, 4) is 0 Å². The molecule has 0 aromatic heterocycles. The highest BCUT2D eigenvalue weighted by molar-refractivity contribution is 5.23. The number of benzene rings is 1. The number of nitrogens with two attached hydrogens (primary N) is 1. The fourth-order valence-electron chi connectivity index (χ4n) is 1.88. The topological polar surface area (TPSA) is 29.3 Å². The van der Waals surface area contributed by atoms with E-state index in [-0.39, 0.29) is 18.6 Å². The maximum atomic E-state index is 13.7. The lowest BCUT2D eigenvalue weighted by Crippen LogP contribution is -2.37. The van der Waals surface area contributed by atoms with Crippen molar-refractivity contribution < 1.29 is 8.78 Å². The standard InChI is InChI=1S/C13H20F2N2/c1-4-9(2)17(3)13(8-16)11-7-10(14)5-6-12(11)15/h5-7,9,13H,4,8,16H2,1-3H3. The molecular weight excluding hydrogens is 222 g/mol. The van der Waals surface area contributed by atoms with Crippen LogP contribution in [0.4, 0.5) is 8.78 Å². The third-order valence-corrected chi connectivity index (χ3v) is 3.32. The molecule has 1 aromatic rings. The average molecular weight is 242 g/mol. The third kappa shape index (κ3) is 3.23. The Balaban J connectivity index is 3.04. The molecule has 2 N–H and O–H groups in total. The van der Waals surface area contributed by atoms with Gasteiger partial charge in [0.2, 0.25) is 0 Å². The van der Waals surface area contributed by atoms with Gasteiger partial charge in [-0.25, -0.2) is 8.78 Å². The Kier molecular flexibility index (Phi) is 5.02. The second kappa shape index (κ2) is 6.07. The largest absolute Gasteiger partial charge is 0.329 e. The van der Waals surface area contributed by atoms with E-state index in [0.29, 0.717) is 5.56 Å². The smallest absolute Gasteiger partial charge is 0.128 e. The van der Waals surface area contributed by atoms with E-state index < -0.39 is 11.6 Å². The molecule has 4 heteroatoms. The molecule has 0 saturated heterocycles. The molecule has 0 aliphatic heterocycles. The summed E-state index contributed by atoms with van der Waals surface area (Å²) in [6.07, 6.45) is 0.934. The van der Waals surface area contributed by atoms with Crippen LogP contribution in [0.1, 0.15) is 31.9 Å². The van der Waals surface area contributed by atoms with Crippen LogP contribution in [0.5, 0.6) is 0 Å². The normalized spacial score (nSPS) is 15.0. The van der Waals surface area contributed by atoms with Gasteiger partial charge in [-0.15, -0.1) is 0 Å². The summed E-state index contributed by atoms with van der Waals surface area (Å²) in [4.78, 5) is 1.98. The highest BCUT2D eigenvalue weighted by Gasteiger charge is 2.22. The Bertz CT molecular complexity index is 368. The molecule has 1 rings (SSSR count). The number of rotatable bonds is 5. The first-order valence-corrected chi connectivity index (χ1v) is 5.88. The van der Waals surface area contributed by atoms with E-state index in [1.165, 1.54) is 6.07 Å². The molecule has 0 amide bonds. The molecule has 0 heterocycles. The van der Waals surface area contributed by atoms with Crippen molar-refractivity contribution >= 4 is 0 Å². The van der Waals surface area contributed by atoms with E-state index in [1.807, 2.05) is 18.9 Å². The van der Waals surface area contributed by atoms with Crippen molar-refractivity contribution in [3.63, 3.8) is 0 Å². The van der Waals surface area contributed by atoms with Crippen LogP contribution < -0.4 is 5.73 Å². The Morgan fingerprint density at radius 1 is 1.35 bits per heavy atom. The van der Waals surface area contributed by atoms with Gasteiger partial charge >= 0.3 is 0 Å². The first-order chi connectivity index (χ1) is 8.01. The number of hydrogen-bond acceptors (Lipinski definition) is 2. The molecule has 0 fully saturated rings. The molecule has 1 aromatic carbocycles. The van der Waals surface area contributed by atoms with E-state index in [0.717, 1.165) is 18.6 Å². The first-order valence-electron chi connectivity index (χ1n) is 5.88. The van der Waals surface area contributed by atoms with Gasteiger partial charge in [-0.3, -0.25) is 4.90 Å². The van der Waals surface area contributed by atoms with E-state index in [9.17, 15) is 8.78 Å². The van der Waals surface area contributed by atoms with Gasteiger partial charge in [0, 0.05) is 24.2 Å². The zero-order valence-electron chi connectivity index (χ0n) is 10.6. The molecule has 0 aliphatic rings. The summed E-state index contributed by atoms with van der Waals surface area (Å²) in [6.45, 7) is 4.36. The maximum absolute atomic E-state index is 13.7. The summed E-state index contributed by atoms with van der Waals surface area (Å²) in [7, 11) is 1.88. The molecule has 2 nitrogen and oxygen atoms in total. The van der Waals surface area contributed by atoms with Gasteiger partial charge in [0.25, 0.3) is 0 Å². The highest BCUT2D eigenvalue weighted by atomic mass is 19.1. The lowest BCUT2D eigenvalue weighted by atomic mass is 10.0. The van der Waals surface area contributed by atoms with Crippen LogP contribution >= 0.6 is 0 Å². The fourth-order valence-corrected chi connectivity index (χ4v) is 1.88. The Morgan fingerprint density at radius 3 is 2.53 bits per heavy atom. The van der Waals surface area contributed by atoms with Crippen molar-refractivity contribution in [1.82, 2.24) is 4.90 Å². The maximum Gasteiger partial charge on any atom is 0.128 e. The van der Waals surface area contributed by atoms with Gasteiger partial charge < -0.3 is 5.73 Å². The summed E-state index contributed by atoms with van der Waals surface area (Å²) in [5.41, 5.74) is 6.02. The predicted octanol–water partition coefficient (Wildman–Crippen LogP) is 2.69. The fraction of sp³-hybridized carbons (Fsp3) is 0.538. The Hall–Kier alpha value is -1.00. The van der Waals surface area contributed by atoms with Crippen LogP contribution in [0.25, 0.3) is 0 Å². The lowest BCUT2D eigenvalue weighted by Gasteiger charge is -2.32. The van der Waals surface area contributed by atoms with Gasteiger partial charge in [0.15, 0.2) is 0 Å². The summed E-state index contributed by atoms with van der Waals surface area (Å²) in [5.74, 6) is -0.839. The Morgan fingerprint density at radius 2 is 2.00 bits per heavy atom. The minimum atomic E-state index is -0.433. The number of likely N-dealkylation sites (N-methyl/N-ethyl adjacent to an activating group) is 1. The van der Waals surface area contributed by atoms with Crippen LogP contribution in [0.3, 0.4) is 0 Å². The van der Waals surface area contributed by atoms with Crippen LogP contribution in [0.15, 0.2) is 18.2 Å². The molecule has 0 aliphatic carbocycles. The molecule has 2 atom stereocenters. The van der Waals surface area contributed by atoms with E-state index >= 15 is 0 Å². The van der Waals surface area contributed by atoms with Crippen molar-refractivity contribution in [2.24, 2.45) is 5.73 Å². The predicted molar refractivity (Wildman–Crippen MR) is 65.7 cm³/mol. The second-order valence-corrected chi connectivity index (χ2v) is 4.34. The quantitative estimate of drug-likeness (QED) is 0.860. The summed E-state index contributed by atoms with van der Waals surface area (Å²) < 4.78 is 26.8. The van der Waals surface area contributed by atoms with Crippen LogP contribution in [0.2, 0.25) is 0 Å². The van der Waals surface area contributed by atoms with Gasteiger partial charge in [-0.05, 0) is 38.6 Å². The van der Waals surface area contributed by atoms with Crippen LogP contribution in [-0.2, 0) is 0 Å². The van der Waals surface area contributed by atoms with Crippen LogP contribution in [-0.4, -0.2) is 24.5 Å². The van der Waals surface area contributed by atoms with E-state index in [1.54, 1.807) is 0 Å². The van der Waals surface area contributed by atoms with Crippen molar-refractivity contribution in [3.05, 3.63) is 35.4 Å². The molecule has 0 radical (unpaired) electrons. The van der Waals surface area contributed by atoms with E-state index in [2.05, 4.69) is 6.92 Å². The number of hydrogen-bond donors (Lipinski definition) is 1. The summed E-state index contributed by atoms with van der Waals surface area (Å²) in [5, 5.41) is 0. The molecule has 0 bridgehead atoms. The van der Waals surface area contributed by atoms with Gasteiger partial charge in [-0.2, -0.15) is 0 Å². The lowest BCUT2D eigenvalue weighted by molar-refractivity contribution is 0.181. The first kappa shape index (κ1) is 14.1. The molecule has 2 unspecified atom stereocenters. The van der Waals surface area contributed by atoms with Gasteiger partial charge in [0.1, 0.15) is 11.6 Å². The SMILES string of the molecule is CCC(C)N(C)C(CN)c1cc(F)ccc1F. The van der Waals surface area contributed by atoms with Crippen molar-refractivity contribution in [1.29, 1.82) is 0 Å². The summed E-state index contributed by atoms with van der Waals surface area (Å²) in [6, 6.07) is 3.48. The third-order valence-electron chi connectivity index (χ3n) is 3.32. The van der Waals surface area contributed by atoms with E-state index in [4.69, 9.17) is 5.73 Å². The highest BCUT2D eigenvalue weighted by Crippen LogP contribution is 2.24. The number of nitrogens with zero attached hydrogens (tertiary/aromatic N) is 1. The molecule has 0 saturated carbocycles. The van der Waals surface area contributed by atoms with Gasteiger partial charge in [-0.1, -0.05) is 6.92 Å². The van der Waals surface area contributed by atoms with Crippen molar-refractivity contribution in [2.45, 2.75) is 32.4 Å². The Labute approximate surface area is 101 Å². The summed E-state index contributed by atoms with van der Waals surface area (Å²) >= 11 is 0. The molecule has 17 heavy (non-hydrogen) atoms. The second-order valence-electron chi connectivity index (χ2n) is 4.34. The molecule has 0 spiro atoms. The zero-order chi connectivity index (χ0) is 13.0. The molecular formula is C13H20F2N2. The minimum absolute atomic E-state index is 0.265. The minimum Gasteiger partial charge on any atom is -0.329 e. The van der Waals surface area contributed by atoms with Crippen LogP contribution in [0, 0.1) is 11.6 Å². The molecule has 96 valence electrons. The zero-order valence-corrected chi connectivity index (χ0v) is 10.6.